The third kappa shape index (κ3) is 4.05. The monoisotopic (exact) mass is 339 g/mol. The molecule has 0 saturated carbocycles. The van der Waals surface area contributed by atoms with Crippen molar-refractivity contribution >= 4 is 37.3 Å². The Kier molecular flexibility index (Phi) is 5.63. The molecular weight excluding hydrogens is 322 g/mol. The summed E-state index contributed by atoms with van der Waals surface area (Å²) in [6, 6.07) is 3.34. The molecule has 0 bridgehead atoms. The van der Waals surface area contributed by atoms with Gasteiger partial charge in [-0.25, -0.2) is 13.1 Å². The molecule has 0 radical (unpaired) electrons. The van der Waals surface area contributed by atoms with Crippen molar-refractivity contribution in [1.29, 1.82) is 0 Å². The molecule has 0 fully saturated rings. The lowest BCUT2D eigenvalue weighted by Crippen LogP contribution is -2.37. The second-order valence-electron chi connectivity index (χ2n) is 4.05. The van der Waals surface area contributed by atoms with E-state index in [9.17, 15) is 8.42 Å². The molecule has 0 aliphatic carbocycles. The molecule has 1 rings (SSSR count). The zero-order valence-electron chi connectivity index (χ0n) is 10.2. The van der Waals surface area contributed by atoms with E-state index < -0.39 is 10.0 Å². The van der Waals surface area contributed by atoms with Gasteiger partial charge < -0.3 is 0 Å². The van der Waals surface area contributed by atoms with Gasteiger partial charge in [0.05, 0.1) is 3.79 Å². The predicted molar refractivity (Wildman–Crippen MR) is 75.9 cm³/mol. The predicted octanol–water partition coefficient (Wildman–Crippen LogP) is 3.61. The summed E-state index contributed by atoms with van der Waals surface area (Å²) in [6.07, 6.45) is 1.96. The molecule has 1 unspecified atom stereocenters. The largest absolute Gasteiger partial charge is 0.250 e. The summed E-state index contributed by atoms with van der Waals surface area (Å²) in [7, 11) is -3.37. The number of hydrogen-bond acceptors (Lipinski definition) is 3. The van der Waals surface area contributed by atoms with E-state index in [2.05, 4.69) is 34.5 Å². The van der Waals surface area contributed by atoms with Crippen LogP contribution in [0, 0.1) is 5.92 Å². The topological polar surface area (TPSA) is 46.2 Å². The maximum atomic E-state index is 12.1. The van der Waals surface area contributed by atoms with Gasteiger partial charge in [0.1, 0.15) is 4.21 Å². The normalized spacial score (nSPS) is 14.2. The van der Waals surface area contributed by atoms with E-state index in [1.807, 2.05) is 6.92 Å². The van der Waals surface area contributed by atoms with Gasteiger partial charge in [-0.3, -0.25) is 0 Å². The van der Waals surface area contributed by atoms with Crippen LogP contribution in [0.15, 0.2) is 20.1 Å². The molecule has 98 valence electrons. The Morgan fingerprint density at radius 1 is 1.35 bits per heavy atom. The number of rotatable bonds is 6. The standard InChI is InChI=1S/C11H18BrNO2S2/c1-4-9(5-2)8(3)13-17(14,15)11-7-6-10(12)16-11/h6-9,13H,4-5H2,1-3H3. The van der Waals surface area contributed by atoms with Crippen LogP contribution in [0.1, 0.15) is 33.6 Å². The second kappa shape index (κ2) is 6.31. The summed E-state index contributed by atoms with van der Waals surface area (Å²) in [5.74, 6) is 0.383. The van der Waals surface area contributed by atoms with Crippen molar-refractivity contribution in [3.63, 3.8) is 0 Å². The third-order valence-electron chi connectivity index (χ3n) is 2.91. The van der Waals surface area contributed by atoms with Crippen molar-refractivity contribution < 1.29 is 8.42 Å². The minimum atomic E-state index is -3.37. The smallest absolute Gasteiger partial charge is 0.207 e. The fraction of sp³-hybridized carbons (Fsp3) is 0.636. The maximum absolute atomic E-state index is 12.1. The molecule has 17 heavy (non-hydrogen) atoms. The number of hydrogen-bond donors (Lipinski definition) is 1. The van der Waals surface area contributed by atoms with Gasteiger partial charge >= 0.3 is 0 Å². The van der Waals surface area contributed by atoms with Crippen LogP contribution in [0.5, 0.6) is 0 Å². The molecule has 1 aromatic rings. The van der Waals surface area contributed by atoms with Gasteiger partial charge in [0.2, 0.25) is 10.0 Å². The molecule has 6 heteroatoms. The van der Waals surface area contributed by atoms with E-state index in [-0.39, 0.29) is 6.04 Å². The fourth-order valence-electron chi connectivity index (χ4n) is 1.84. The zero-order valence-corrected chi connectivity index (χ0v) is 13.5. The minimum absolute atomic E-state index is 0.0316. The van der Waals surface area contributed by atoms with Gasteiger partial charge in [-0.05, 0) is 40.9 Å². The van der Waals surface area contributed by atoms with Crippen LogP contribution in [-0.2, 0) is 10.0 Å². The molecule has 0 aliphatic heterocycles. The quantitative estimate of drug-likeness (QED) is 0.860. The maximum Gasteiger partial charge on any atom is 0.250 e. The molecule has 0 amide bonds. The molecule has 1 atom stereocenters. The average Bonchev–Trinajstić information content (AvgIpc) is 2.66. The molecule has 1 aromatic heterocycles. The minimum Gasteiger partial charge on any atom is -0.207 e. The first kappa shape index (κ1) is 15.1. The van der Waals surface area contributed by atoms with E-state index in [0.717, 1.165) is 16.6 Å². The van der Waals surface area contributed by atoms with E-state index in [1.165, 1.54) is 11.3 Å². The number of nitrogens with one attached hydrogen (secondary N) is 1. The summed E-state index contributed by atoms with van der Waals surface area (Å²) in [4.78, 5) is 0. The van der Waals surface area contributed by atoms with Crippen LogP contribution < -0.4 is 4.72 Å². The van der Waals surface area contributed by atoms with Crippen molar-refractivity contribution in [2.24, 2.45) is 5.92 Å². The summed E-state index contributed by atoms with van der Waals surface area (Å²) in [5, 5.41) is 0. The average molecular weight is 340 g/mol. The zero-order chi connectivity index (χ0) is 13.1. The molecule has 0 aliphatic rings. The Balaban J connectivity index is 2.80. The molecule has 0 aromatic carbocycles. The van der Waals surface area contributed by atoms with Crippen molar-refractivity contribution in [2.75, 3.05) is 0 Å². The van der Waals surface area contributed by atoms with Gasteiger partial charge in [0.15, 0.2) is 0 Å². The van der Waals surface area contributed by atoms with E-state index in [0.29, 0.717) is 10.1 Å². The van der Waals surface area contributed by atoms with Gasteiger partial charge in [-0.1, -0.05) is 26.7 Å². The molecule has 0 spiro atoms. The third-order valence-corrected chi connectivity index (χ3v) is 6.58. The highest BCUT2D eigenvalue weighted by Gasteiger charge is 2.22. The van der Waals surface area contributed by atoms with Crippen LogP contribution >= 0.6 is 27.3 Å². The summed E-state index contributed by atoms with van der Waals surface area (Å²) in [6.45, 7) is 6.10. The molecule has 0 saturated heterocycles. The van der Waals surface area contributed by atoms with E-state index in [1.54, 1.807) is 12.1 Å². The highest BCUT2D eigenvalue weighted by atomic mass is 79.9. The number of sulfonamides is 1. The van der Waals surface area contributed by atoms with Gasteiger partial charge in [-0.2, -0.15) is 0 Å². The number of thiophene rings is 1. The Labute approximate surface area is 116 Å². The van der Waals surface area contributed by atoms with Crippen molar-refractivity contribution in [3.8, 4) is 0 Å². The highest BCUT2D eigenvalue weighted by molar-refractivity contribution is 9.11. The fourth-order valence-corrected chi connectivity index (χ4v) is 5.18. The van der Waals surface area contributed by atoms with Gasteiger partial charge in [0, 0.05) is 6.04 Å². The first-order valence-corrected chi connectivity index (χ1v) is 8.77. The first-order chi connectivity index (χ1) is 7.90. The molecular formula is C11H18BrNO2S2. The number of halogens is 1. The Morgan fingerprint density at radius 2 is 1.94 bits per heavy atom. The first-order valence-electron chi connectivity index (χ1n) is 5.68. The highest BCUT2D eigenvalue weighted by Crippen LogP contribution is 2.26. The lowest BCUT2D eigenvalue weighted by molar-refractivity contribution is 0.391. The van der Waals surface area contributed by atoms with Crippen LogP contribution in [0.4, 0.5) is 0 Å². The second-order valence-corrected chi connectivity index (χ2v) is 8.45. The SMILES string of the molecule is CCC(CC)C(C)NS(=O)(=O)c1ccc(Br)s1. The van der Waals surface area contributed by atoms with Crippen molar-refractivity contribution in [1.82, 2.24) is 4.72 Å². The Hall–Kier alpha value is 0.0900. The van der Waals surface area contributed by atoms with Crippen LogP contribution in [0.25, 0.3) is 0 Å². The van der Waals surface area contributed by atoms with Crippen molar-refractivity contribution in [2.45, 2.75) is 43.9 Å². The Morgan fingerprint density at radius 3 is 2.35 bits per heavy atom. The van der Waals surface area contributed by atoms with E-state index >= 15 is 0 Å². The van der Waals surface area contributed by atoms with E-state index in [4.69, 9.17) is 0 Å². The molecule has 1 N–H and O–H groups in total. The molecule has 3 nitrogen and oxygen atoms in total. The lowest BCUT2D eigenvalue weighted by Gasteiger charge is -2.21. The Bertz CT molecular complexity index is 452. The van der Waals surface area contributed by atoms with Gasteiger partial charge in [-0.15, -0.1) is 11.3 Å². The summed E-state index contributed by atoms with van der Waals surface area (Å²) >= 11 is 4.50. The van der Waals surface area contributed by atoms with Crippen LogP contribution in [0.2, 0.25) is 0 Å². The van der Waals surface area contributed by atoms with Crippen LogP contribution in [0.3, 0.4) is 0 Å². The lowest BCUT2D eigenvalue weighted by atomic mass is 9.96. The summed E-state index contributed by atoms with van der Waals surface area (Å²) < 4.78 is 28.1. The molecule has 1 heterocycles. The summed E-state index contributed by atoms with van der Waals surface area (Å²) in [5.41, 5.74) is 0. The van der Waals surface area contributed by atoms with Crippen molar-refractivity contribution in [3.05, 3.63) is 15.9 Å². The van der Waals surface area contributed by atoms with Gasteiger partial charge in [0.25, 0.3) is 0 Å². The van der Waals surface area contributed by atoms with Crippen LogP contribution in [-0.4, -0.2) is 14.5 Å².